The Balaban J connectivity index is 2.04. The SMILES string of the molecule is Oc1ccc2c(c1)cc(Cl)c1c2ccc2c3ccccc3ccc21. The van der Waals surface area contributed by atoms with Gasteiger partial charge in [-0.2, -0.15) is 0 Å². The Kier molecular flexibility index (Phi) is 2.76. The second-order valence-electron chi connectivity index (χ2n) is 6.13. The Morgan fingerprint density at radius 1 is 0.583 bits per heavy atom. The first-order valence-corrected chi connectivity index (χ1v) is 8.25. The van der Waals surface area contributed by atoms with E-state index in [4.69, 9.17) is 11.6 Å². The van der Waals surface area contributed by atoms with Gasteiger partial charge in [-0.3, -0.25) is 0 Å². The molecule has 0 unspecified atom stereocenters. The van der Waals surface area contributed by atoms with Crippen LogP contribution in [0.15, 0.2) is 72.8 Å². The first kappa shape index (κ1) is 13.6. The van der Waals surface area contributed by atoms with Crippen molar-refractivity contribution in [2.24, 2.45) is 0 Å². The van der Waals surface area contributed by atoms with Gasteiger partial charge in [-0.05, 0) is 55.9 Å². The second kappa shape index (κ2) is 4.86. The molecule has 5 aromatic rings. The van der Waals surface area contributed by atoms with Crippen LogP contribution in [0.3, 0.4) is 0 Å². The van der Waals surface area contributed by atoms with Crippen LogP contribution in [-0.4, -0.2) is 5.11 Å². The fourth-order valence-corrected chi connectivity index (χ4v) is 4.01. The Morgan fingerprint density at radius 2 is 1.25 bits per heavy atom. The summed E-state index contributed by atoms with van der Waals surface area (Å²) in [5.74, 6) is 0.254. The minimum atomic E-state index is 0.254. The average Bonchev–Trinajstić information content (AvgIpc) is 2.60. The molecule has 0 spiro atoms. The fourth-order valence-electron chi connectivity index (χ4n) is 3.69. The van der Waals surface area contributed by atoms with Crippen molar-refractivity contribution in [1.82, 2.24) is 0 Å². The van der Waals surface area contributed by atoms with E-state index in [1.807, 2.05) is 12.1 Å². The topological polar surface area (TPSA) is 20.2 Å². The van der Waals surface area contributed by atoms with E-state index in [0.717, 1.165) is 26.9 Å². The van der Waals surface area contributed by atoms with Crippen molar-refractivity contribution in [3.8, 4) is 5.75 Å². The lowest BCUT2D eigenvalue weighted by atomic mass is 9.94. The molecule has 1 N–H and O–H groups in total. The van der Waals surface area contributed by atoms with Gasteiger partial charge in [0.1, 0.15) is 5.75 Å². The summed E-state index contributed by atoms with van der Waals surface area (Å²) in [7, 11) is 0. The molecule has 1 nitrogen and oxygen atoms in total. The quantitative estimate of drug-likeness (QED) is 0.315. The predicted molar refractivity (Wildman–Crippen MR) is 103 cm³/mol. The molecule has 0 saturated heterocycles. The molecule has 0 aromatic heterocycles. The first-order chi connectivity index (χ1) is 11.7. The van der Waals surface area contributed by atoms with Gasteiger partial charge < -0.3 is 5.11 Å². The maximum Gasteiger partial charge on any atom is 0.116 e. The number of halogens is 1. The normalized spacial score (nSPS) is 11.7. The van der Waals surface area contributed by atoms with Crippen LogP contribution in [0.2, 0.25) is 5.02 Å². The number of rotatable bonds is 0. The molecule has 5 aromatic carbocycles. The van der Waals surface area contributed by atoms with E-state index in [1.165, 1.54) is 16.2 Å². The van der Waals surface area contributed by atoms with E-state index in [-0.39, 0.29) is 5.75 Å². The molecule has 0 atom stereocenters. The fraction of sp³-hybridized carbons (Fsp3) is 0. The first-order valence-electron chi connectivity index (χ1n) is 7.88. The van der Waals surface area contributed by atoms with Crippen molar-refractivity contribution in [3.05, 3.63) is 77.8 Å². The molecule has 0 saturated carbocycles. The molecule has 0 amide bonds. The van der Waals surface area contributed by atoms with E-state index < -0.39 is 0 Å². The summed E-state index contributed by atoms with van der Waals surface area (Å²) < 4.78 is 0. The number of benzene rings is 5. The molecule has 114 valence electrons. The summed E-state index contributed by atoms with van der Waals surface area (Å²) in [5, 5.41) is 19.5. The number of phenols is 1. The number of hydrogen-bond acceptors (Lipinski definition) is 1. The lowest BCUT2D eigenvalue weighted by molar-refractivity contribution is 0.476. The molecular weight excluding hydrogens is 316 g/mol. The minimum absolute atomic E-state index is 0.254. The summed E-state index contributed by atoms with van der Waals surface area (Å²) in [4.78, 5) is 0. The maximum absolute atomic E-state index is 9.74. The van der Waals surface area contributed by atoms with E-state index in [0.29, 0.717) is 5.02 Å². The molecule has 0 fully saturated rings. The molecule has 2 heteroatoms. The largest absolute Gasteiger partial charge is 0.508 e. The number of fused-ring (bicyclic) bond motifs is 7. The summed E-state index contributed by atoms with van der Waals surface area (Å²) in [6, 6.07) is 24.4. The Hall–Kier alpha value is -2.77. The third kappa shape index (κ3) is 1.82. The summed E-state index contributed by atoms with van der Waals surface area (Å²) >= 11 is 6.64. The van der Waals surface area contributed by atoms with Gasteiger partial charge in [-0.25, -0.2) is 0 Å². The average molecular weight is 329 g/mol. The van der Waals surface area contributed by atoms with Crippen LogP contribution in [0.4, 0.5) is 0 Å². The smallest absolute Gasteiger partial charge is 0.116 e. The van der Waals surface area contributed by atoms with Gasteiger partial charge in [0.25, 0.3) is 0 Å². The standard InChI is InChI=1S/C22H13ClO/c23-21-12-14-11-15(24)6-8-17(14)19-10-9-18-16-4-2-1-3-13(16)5-7-20(18)22(19)21/h1-12,24H. The molecule has 0 aliphatic rings. The molecule has 0 radical (unpaired) electrons. The van der Waals surface area contributed by atoms with E-state index in [9.17, 15) is 5.11 Å². The van der Waals surface area contributed by atoms with Crippen molar-refractivity contribution in [3.63, 3.8) is 0 Å². The van der Waals surface area contributed by atoms with E-state index in [1.54, 1.807) is 12.1 Å². The molecular formula is C22H13ClO. The third-order valence-electron chi connectivity index (χ3n) is 4.77. The van der Waals surface area contributed by atoms with Crippen LogP contribution in [0.25, 0.3) is 43.1 Å². The molecule has 0 aliphatic carbocycles. The lowest BCUT2D eigenvalue weighted by Crippen LogP contribution is -1.84. The van der Waals surface area contributed by atoms with Crippen molar-refractivity contribution >= 4 is 54.7 Å². The second-order valence-corrected chi connectivity index (χ2v) is 6.54. The van der Waals surface area contributed by atoms with Crippen LogP contribution in [0, 0.1) is 0 Å². The number of aromatic hydroxyl groups is 1. The monoisotopic (exact) mass is 328 g/mol. The highest BCUT2D eigenvalue weighted by atomic mass is 35.5. The summed E-state index contributed by atoms with van der Waals surface area (Å²) in [6.45, 7) is 0. The zero-order valence-electron chi connectivity index (χ0n) is 12.8. The van der Waals surface area contributed by atoms with Crippen LogP contribution in [0.1, 0.15) is 0 Å². The van der Waals surface area contributed by atoms with Gasteiger partial charge in [0, 0.05) is 10.4 Å². The van der Waals surface area contributed by atoms with E-state index in [2.05, 4.69) is 48.5 Å². The van der Waals surface area contributed by atoms with Gasteiger partial charge in [0.2, 0.25) is 0 Å². The van der Waals surface area contributed by atoms with Crippen molar-refractivity contribution < 1.29 is 5.11 Å². The van der Waals surface area contributed by atoms with E-state index >= 15 is 0 Å². The summed E-state index contributed by atoms with van der Waals surface area (Å²) in [5.41, 5.74) is 0. The zero-order chi connectivity index (χ0) is 16.3. The van der Waals surface area contributed by atoms with Crippen LogP contribution < -0.4 is 0 Å². The molecule has 0 aliphatic heterocycles. The van der Waals surface area contributed by atoms with Crippen molar-refractivity contribution in [2.75, 3.05) is 0 Å². The van der Waals surface area contributed by atoms with Gasteiger partial charge in [-0.1, -0.05) is 66.2 Å². The zero-order valence-corrected chi connectivity index (χ0v) is 13.5. The number of hydrogen-bond donors (Lipinski definition) is 1. The van der Waals surface area contributed by atoms with Gasteiger partial charge >= 0.3 is 0 Å². The lowest BCUT2D eigenvalue weighted by Gasteiger charge is -2.11. The minimum Gasteiger partial charge on any atom is -0.508 e. The Labute approximate surface area is 143 Å². The highest BCUT2D eigenvalue weighted by Crippen LogP contribution is 2.39. The van der Waals surface area contributed by atoms with Gasteiger partial charge in [-0.15, -0.1) is 0 Å². The number of phenolic OH excluding ortho intramolecular Hbond substituents is 1. The van der Waals surface area contributed by atoms with Crippen molar-refractivity contribution in [2.45, 2.75) is 0 Å². The summed E-state index contributed by atoms with van der Waals surface area (Å²) in [6.07, 6.45) is 0. The highest BCUT2D eigenvalue weighted by molar-refractivity contribution is 6.40. The Morgan fingerprint density at radius 3 is 2.17 bits per heavy atom. The third-order valence-corrected chi connectivity index (χ3v) is 5.07. The maximum atomic E-state index is 9.74. The highest BCUT2D eigenvalue weighted by Gasteiger charge is 2.11. The Bertz CT molecular complexity index is 1270. The molecule has 0 bridgehead atoms. The van der Waals surface area contributed by atoms with Crippen LogP contribution >= 0.6 is 11.6 Å². The van der Waals surface area contributed by atoms with Gasteiger partial charge in [0.15, 0.2) is 0 Å². The van der Waals surface area contributed by atoms with Crippen molar-refractivity contribution in [1.29, 1.82) is 0 Å². The molecule has 5 rings (SSSR count). The van der Waals surface area contributed by atoms with Gasteiger partial charge in [0.05, 0.1) is 0 Å². The molecule has 0 heterocycles. The molecule has 24 heavy (non-hydrogen) atoms. The van der Waals surface area contributed by atoms with Crippen LogP contribution in [0.5, 0.6) is 5.75 Å². The predicted octanol–water partition coefficient (Wildman–Crippen LogP) is 6.66. The van der Waals surface area contributed by atoms with Crippen LogP contribution in [-0.2, 0) is 0 Å².